The van der Waals surface area contributed by atoms with Gasteiger partial charge in [-0.1, -0.05) is 31.5 Å². The molecule has 2 saturated heterocycles. The third-order valence-corrected chi connectivity index (χ3v) is 4.90. The Hall–Kier alpha value is -1.33. The molecule has 0 spiro atoms. The largest absolute Gasteiger partial charge is 0.377 e. The molecule has 2 fully saturated rings. The first kappa shape index (κ1) is 14.6. The van der Waals surface area contributed by atoms with Gasteiger partial charge in [0.2, 0.25) is 0 Å². The number of piperazine rings is 1. The van der Waals surface area contributed by atoms with Crippen LogP contribution < -0.4 is 5.32 Å². The summed E-state index contributed by atoms with van der Waals surface area (Å²) < 4.78 is 5.56. The average Bonchev–Trinajstić information content (AvgIpc) is 2.66. The maximum absolute atomic E-state index is 12.6. The summed E-state index contributed by atoms with van der Waals surface area (Å²) in [5.74, 6) is 0.763. The van der Waals surface area contributed by atoms with Crippen LogP contribution in [-0.4, -0.2) is 41.9 Å². The molecule has 114 valence electrons. The van der Waals surface area contributed by atoms with E-state index in [0.717, 1.165) is 29.9 Å². The predicted octanol–water partition coefficient (Wildman–Crippen LogP) is 2.14. The van der Waals surface area contributed by atoms with E-state index in [0.29, 0.717) is 31.3 Å². The summed E-state index contributed by atoms with van der Waals surface area (Å²) >= 11 is 6.35. The molecule has 3 aliphatic rings. The second-order valence-corrected chi connectivity index (χ2v) is 5.91. The van der Waals surface area contributed by atoms with Gasteiger partial charge in [-0.15, -0.1) is 0 Å². The Balaban J connectivity index is 2.09. The van der Waals surface area contributed by atoms with Gasteiger partial charge in [-0.05, 0) is 24.8 Å². The smallest absolute Gasteiger partial charge is 0.252 e. The van der Waals surface area contributed by atoms with Crippen LogP contribution in [0.3, 0.4) is 0 Å². The summed E-state index contributed by atoms with van der Waals surface area (Å²) in [7, 11) is 0. The summed E-state index contributed by atoms with van der Waals surface area (Å²) in [4.78, 5) is 19.3. The van der Waals surface area contributed by atoms with E-state index in [-0.39, 0.29) is 5.91 Å². The van der Waals surface area contributed by atoms with E-state index in [1.807, 2.05) is 13.0 Å². The van der Waals surface area contributed by atoms with Crippen LogP contribution >= 0.6 is 11.6 Å². The minimum atomic E-state index is -0.664. The number of rotatable bonds is 2. The lowest BCUT2D eigenvalue weighted by molar-refractivity contribution is -0.141. The van der Waals surface area contributed by atoms with Crippen LogP contribution in [0, 0.1) is 0 Å². The van der Waals surface area contributed by atoms with Crippen LogP contribution in [0.15, 0.2) is 27.5 Å². The molecule has 0 saturated carbocycles. The molecule has 3 aliphatic heterocycles. The van der Waals surface area contributed by atoms with Crippen molar-refractivity contribution < 1.29 is 9.53 Å². The van der Waals surface area contributed by atoms with E-state index in [9.17, 15) is 4.79 Å². The molecule has 0 aromatic heterocycles. The predicted molar refractivity (Wildman–Crippen MR) is 82.0 cm³/mol. The second kappa shape index (κ2) is 5.46. The van der Waals surface area contributed by atoms with E-state index in [2.05, 4.69) is 22.1 Å². The Morgan fingerprint density at radius 3 is 3.05 bits per heavy atom. The fourth-order valence-electron chi connectivity index (χ4n) is 3.11. The van der Waals surface area contributed by atoms with Crippen molar-refractivity contribution in [3.63, 3.8) is 0 Å². The van der Waals surface area contributed by atoms with Crippen molar-refractivity contribution >= 4 is 23.3 Å². The van der Waals surface area contributed by atoms with E-state index >= 15 is 0 Å². The van der Waals surface area contributed by atoms with Crippen molar-refractivity contribution in [1.29, 1.82) is 0 Å². The standard InChI is InChI=1S/C15H20ClN3O2/c1-3-10-5-6-11-13(18-12(10)16)19-7-8-21-9-15(19,4-2)14(20)17-11/h6H,3-5,7-9H2,1-2H3,(H,17,20). The highest BCUT2D eigenvalue weighted by Crippen LogP contribution is 2.33. The third kappa shape index (κ3) is 2.19. The number of allylic oxidation sites excluding steroid dienone is 2. The Bertz CT molecular complexity index is 567. The van der Waals surface area contributed by atoms with Gasteiger partial charge in [0.25, 0.3) is 5.91 Å². The second-order valence-electron chi connectivity index (χ2n) is 5.55. The lowest BCUT2D eigenvalue weighted by atomic mass is 9.89. The molecule has 1 N–H and O–H groups in total. The fourth-order valence-corrected chi connectivity index (χ4v) is 3.40. The SMILES string of the molecule is CCC1=C(Cl)N=C2C(=CC1)NC(=O)C1(CC)COCCN21. The van der Waals surface area contributed by atoms with E-state index < -0.39 is 5.54 Å². The van der Waals surface area contributed by atoms with Crippen LogP contribution in [0.5, 0.6) is 0 Å². The number of amides is 1. The maximum Gasteiger partial charge on any atom is 0.252 e. The highest BCUT2D eigenvalue weighted by Gasteiger charge is 2.50. The number of amidine groups is 1. The average molecular weight is 310 g/mol. The zero-order chi connectivity index (χ0) is 15.0. The van der Waals surface area contributed by atoms with Crippen molar-refractivity contribution in [1.82, 2.24) is 10.2 Å². The van der Waals surface area contributed by atoms with Gasteiger partial charge in [-0.2, -0.15) is 0 Å². The van der Waals surface area contributed by atoms with Gasteiger partial charge >= 0.3 is 0 Å². The van der Waals surface area contributed by atoms with Crippen molar-refractivity contribution in [2.45, 2.75) is 38.6 Å². The van der Waals surface area contributed by atoms with E-state index in [1.54, 1.807) is 0 Å². The molecule has 0 bridgehead atoms. The van der Waals surface area contributed by atoms with Crippen LogP contribution in [0.2, 0.25) is 0 Å². The molecule has 21 heavy (non-hydrogen) atoms. The van der Waals surface area contributed by atoms with Crippen LogP contribution in [-0.2, 0) is 9.53 Å². The third-order valence-electron chi connectivity index (χ3n) is 4.54. The molecule has 0 aromatic rings. The minimum Gasteiger partial charge on any atom is -0.377 e. The zero-order valence-corrected chi connectivity index (χ0v) is 13.2. The number of fused-ring (bicyclic) bond motifs is 3. The maximum atomic E-state index is 12.6. The lowest BCUT2D eigenvalue weighted by Gasteiger charge is -2.50. The number of hydrogen-bond donors (Lipinski definition) is 1. The summed E-state index contributed by atoms with van der Waals surface area (Å²) in [5, 5.41) is 3.55. The van der Waals surface area contributed by atoms with E-state index in [4.69, 9.17) is 16.3 Å². The molecule has 0 radical (unpaired) electrons. The van der Waals surface area contributed by atoms with Crippen molar-refractivity contribution in [3.05, 3.63) is 22.5 Å². The molecule has 0 aromatic carbocycles. The number of hydrogen-bond acceptors (Lipinski definition) is 4. The fraction of sp³-hybridized carbons (Fsp3) is 0.600. The Morgan fingerprint density at radius 2 is 2.33 bits per heavy atom. The van der Waals surface area contributed by atoms with Crippen molar-refractivity contribution in [2.24, 2.45) is 4.99 Å². The van der Waals surface area contributed by atoms with Crippen molar-refractivity contribution in [3.8, 4) is 0 Å². The number of aliphatic imine (C=N–C) groups is 1. The number of nitrogens with zero attached hydrogens (tertiary/aromatic N) is 2. The molecule has 3 heterocycles. The lowest BCUT2D eigenvalue weighted by Crippen LogP contribution is -2.70. The van der Waals surface area contributed by atoms with Crippen LogP contribution in [0.1, 0.15) is 33.1 Å². The van der Waals surface area contributed by atoms with Crippen molar-refractivity contribution in [2.75, 3.05) is 19.8 Å². The van der Waals surface area contributed by atoms with Gasteiger partial charge in [0.1, 0.15) is 10.7 Å². The summed E-state index contributed by atoms with van der Waals surface area (Å²) in [6.45, 7) is 5.72. The highest BCUT2D eigenvalue weighted by atomic mass is 35.5. The van der Waals surface area contributed by atoms with Crippen LogP contribution in [0.25, 0.3) is 0 Å². The number of carbonyl (C=O) groups is 1. The molecular formula is C15H20ClN3O2. The Kier molecular flexibility index (Phi) is 3.80. The van der Waals surface area contributed by atoms with Gasteiger partial charge < -0.3 is 15.0 Å². The van der Waals surface area contributed by atoms with Gasteiger partial charge in [0, 0.05) is 6.54 Å². The molecule has 6 heteroatoms. The molecule has 1 atom stereocenters. The molecule has 5 nitrogen and oxygen atoms in total. The Labute approximate surface area is 129 Å². The summed E-state index contributed by atoms with van der Waals surface area (Å²) in [6.07, 6.45) is 4.27. The first-order valence-electron chi connectivity index (χ1n) is 7.46. The van der Waals surface area contributed by atoms with Gasteiger partial charge in [0.15, 0.2) is 5.84 Å². The normalized spacial score (nSPS) is 29.1. The van der Waals surface area contributed by atoms with Gasteiger partial charge in [0.05, 0.1) is 18.9 Å². The zero-order valence-electron chi connectivity index (χ0n) is 12.4. The number of nitrogens with one attached hydrogen (secondary N) is 1. The van der Waals surface area contributed by atoms with Gasteiger partial charge in [-0.25, -0.2) is 4.99 Å². The molecule has 0 aliphatic carbocycles. The summed E-state index contributed by atoms with van der Waals surface area (Å²) in [5.41, 5.74) is 1.20. The minimum absolute atomic E-state index is 0.00836. The molecular weight excluding hydrogens is 290 g/mol. The monoisotopic (exact) mass is 309 g/mol. The first-order valence-corrected chi connectivity index (χ1v) is 7.83. The molecule has 1 unspecified atom stereocenters. The van der Waals surface area contributed by atoms with Crippen LogP contribution in [0.4, 0.5) is 0 Å². The Morgan fingerprint density at radius 1 is 1.52 bits per heavy atom. The van der Waals surface area contributed by atoms with Gasteiger partial charge in [-0.3, -0.25) is 4.79 Å². The molecule has 3 rings (SSSR count). The number of carbonyl (C=O) groups excluding carboxylic acids is 1. The highest BCUT2D eigenvalue weighted by molar-refractivity contribution is 6.31. The number of morpholine rings is 1. The quantitative estimate of drug-likeness (QED) is 0.795. The number of halogens is 1. The topological polar surface area (TPSA) is 53.9 Å². The summed E-state index contributed by atoms with van der Waals surface area (Å²) in [6, 6.07) is 0. The van der Waals surface area contributed by atoms with E-state index in [1.165, 1.54) is 0 Å². The number of ether oxygens (including phenoxy) is 1. The molecule has 1 amide bonds. The first-order chi connectivity index (χ1) is 10.1.